The van der Waals surface area contributed by atoms with Gasteiger partial charge in [-0.2, -0.15) is 0 Å². The SMILES string of the molecule is C=CCOC(=O)NC(C[C@@H]1CCCO1)C(=O)O. The Morgan fingerprint density at radius 2 is 2.41 bits per heavy atom. The highest BCUT2D eigenvalue weighted by molar-refractivity contribution is 5.79. The highest BCUT2D eigenvalue weighted by atomic mass is 16.5. The fraction of sp³-hybridized carbons (Fsp3) is 0.636. The summed E-state index contributed by atoms with van der Waals surface area (Å²) in [6, 6.07) is -0.976. The molecule has 0 aliphatic carbocycles. The van der Waals surface area contributed by atoms with Crippen LogP contribution in [0.5, 0.6) is 0 Å². The number of carbonyl (C=O) groups excluding carboxylic acids is 1. The number of carboxylic acids is 1. The van der Waals surface area contributed by atoms with E-state index in [1.807, 2.05) is 0 Å². The summed E-state index contributed by atoms with van der Waals surface area (Å²) in [6.45, 7) is 4.09. The van der Waals surface area contributed by atoms with Gasteiger partial charge in [0.05, 0.1) is 6.10 Å². The molecule has 0 saturated carbocycles. The number of ether oxygens (including phenoxy) is 2. The maximum Gasteiger partial charge on any atom is 0.408 e. The quantitative estimate of drug-likeness (QED) is 0.678. The van der Waals surface area contributed by atoms with E-state index >= 15 is 0 Å². The van der Waals surface area contributed by atoms with Crippen LogP contribution in [0.2, 0.25) is 0 Å². The fourth-order valence-electron chi connectivity index (χ4n) is 1.63. The molecular weight excluding hydrogens is 226 g/mol. The number of rotatable bonds is 6. The number of amides is 1. The molecule has 1 unspecified atom stereocenters. The molecule has 1 aliphatic heterocycles. The first-order valence-corrected chi connectivity index (χ1v) is 5.52. The molecule has 1 aliphatic rings. The lowest BCUT2D eigenvalue weighted by Crippen LogP contribution is -2.43. The third-order valence-corrected chi connectivity index (χ3v) is 2.45. The van der Waals surface area contributed by atoms with Crippen LogP contribution in [-0.2, 0) is 14.3 Å². The number of aliphatic carboxylic acids is 1. The predicted octanol–water partition coefficient (Wildman–Crippen LogP) is 0.921. The van der Waals surface area contributed by atoms with Crippen molar-refractivity contribution in [3.8, 4) is 0 Å². The van der Waals surface area contributed by atoms with Gasteiger partial charge >= 0.3 is 12.1 Å². The minimum atomic E-state index is -1.09. The minimum absolute atomic E-state index is 0.0537. The Labute approximate surface area is 99.6 Å². The molecule has 0 aromatic rings. The number of alkyl carbamates (subject to hydrolysis) is 1. The first-order chi connectivity index (χ1) is 8.13. The van der Waals surface area contributed by atoms with Crippen LogP contribution in [0.4, 0.5) is 4.79 Å². The largest absolute Gasteiger partial charge is 0.480 e. The molecule has 0 spiro atoms. The van der Waals surface area contributed by atoms with Crippen LogP contribution in [0, 0.1) is 0 Å². The predicted molar refractivity (Wildman–Crippen MR) is 59.7 cm³/mol. The number of nitrogens with one attached hydrogen (secondary N) is 1. The normalized spacial score (nSPS) is 20.6. The van der Waals surface area contributed by atoms with Gasteiger partial charge in [-0.25, -0.2) is 9.59 Å². The maximum atomic E-state index is 11.2. The van der Waals surface area contributed by atoms with E-state index in [0.717, 1.165) is 12.8 Å². The van der Waals surface area contributed by atoms with Gasteiger partial charge in [0.25, 0.3) is 0 Å². The van der Waals surface area contributed by atoms with Crippen molar-refractivity contribution in [3.05, 3.63) is 12.7 Å². The van der Waals surface area contributed by atoms with Crippen molar-refractivity contribution in [1.82, 2.24) is 5.32 Å². The van der Waals surface area contributed by atoms with Gasteiger partial charge in [-0.15, -0.1) is 0 Å². The van der Waals surface area contributed by atoms with Crippen molar-refractivity contribution < 1.29 is 24.2 Å². The number of carbonyl (C=O) groups is 2. The molecule has 1 rings (SSSR count). The topological polar surface area (TPSA) is 84.9 Å². The third kappa shape index (κ3) is 4.86. The van der Waals surface area contributed by atoms with Gasteiger partial charge in [-0.3, -0.25) is 0 Å². The molecule has 0 radical (unpaired) electrons. The van der Waals surface area contributed by atoms with E-state index < -0.39 is 18.1 Å². The monoisotopic (exact) mass is 243 g/mol. The van der Waals surface area contributed by atoms with Gasteiger partial charge in [0.2, 0.25) is 0 Å². The second-order valence-electron chi connectivity index (χ2n) is 3.79. The van der Waals surface area contributed by atoms with Crippen LogP contribution >= 0.6 is 0 Å². The summed E-state index contributed by atoms with van der Waals surface area (Å²) in [5.74, 6) is -1.09. The van der Waals surface area contributed by atoms with E-state index in [0.29, 0.717) is 6.61 Å². The number of hydrogen-bond acceptors (Lipinski definition) is 4. The lowest BCUT2D eigenvalue weighted by Gasteiger charge is -2.17. The van der Waals surface area contributed by atoms with E-state index in [1.54, 1.807) is 0 Å². The Bertz CT molecular complexity index is 286. The highest BCUT2D eigenvalue weighted by Gasteiger charge is 2.27. The zero-order chi connectivity index (χ0) is 12.7. The lowest BCUT2D eigenvalue weighted by atomic mass is 10.1. The van der Waals surface area contributed by atoms with E-state index in [1.165, 1.54) is 6.08 Å². The molecule has 0 aromatic heterocycles. The first-order valence-electron chi connectivity index (χ1n) is 5.52. The molecule has 17 heavy (non-hydrogen) atoms. The lowest BCUT2D eigenvalue weighted by molar-refractivity contribution is -0.140. The summed E-state index contributed by atoms with van der Waals surface area (Å²) < 4.78 is 9.99. The van der Waals surface area contributed by atoms with E-state index in [4.69, 9.17) is 9.84 Å². The Balaban J connectivity index is 2.39. The molecule has 96 valence electrons. The van der Waals surface area contributed by atoms with Gasteiger partial charge in [-0.05, 0) is 12.8 Å². The van der Waals surface area contributed by atoms with Crippen molar-refractivity contribution >= 4 is 12.1 Å². The molecule has 2 N–H and O–H groups in total. The minimum Gasteiger partial charge on any atom is -0.480 e. The van der Waals surface area contributed by atoms with Crippen molar-refractivity contribution in [2.24, 2.45) is 0 Å². The summed E-state index contributed by atoms with van der Waals surface area (Å²) >= 11 is 0. The van der Waals surface area contributed by atoms with Crippen molar-refractivity contribution in [1.29, 1.82) is 0 Å². The molecule has 2 atom stereocenters. The van der Waals surface area contributed by atoms with Gasteiger partial charge in [0.15, 0.2) is 0 Å². The second kappa shape index (κ2) is 6.90. The third-order valence-electron chi connectivity index (χ3n) is 2.45. The molecule has 1 heterocycles. The molecule has 1 saturated heterocycles. The second-order valence-corrected chi connectivity index (χ2v) is 3.79. The van der Waals surface area contributed by atoms with Crippen LogP contribution in [0.25, 0.3) is 0 Å². The standard InChI is InChI=1S/C11H17NO5/c1-2-5-17-11(15)12-9(10(13)14)7-8-4-3-6-16-8/h2,8-9H,1,3-7H2,(H,12,15)(H,13,14)/t8-,9?/m0/s1. The molecule has 6 nitrogen and oxygen atoms in total. The Morgan fingerprint density at radius 3 is 2.94 bits per heavy atom. The first kappa shape index (κ1) is 13.5. The van der Waals surface area contributed by atoms with Crippen LogP contribution in [0.15, 0.2) is 12.7 Å². The maximum absolute atomic E-state index is 11.2. The van der Waals surface area contributed by atoms with Crippen molar-refractivity contribution in [2.45, 2.75) is 31.4 Å². The smallest absolute Gasteiger partial charge is 0.408 e. The van der Waals surface area contributed by atoms with Crippen LogP contribution in [-0.4, -0.2) is 42.5 Å². The number of carboxylic acid groups (broad SMARTS) is 1. The van der Waals surface area contributed by atoms with E-state index in [9.17, 15) is 9.59 Å². The summed E-state index contributed by atoms with van der Waals surface area (Å²) in [4.78, 5) is 22.2. The Hall–Kier alpha value is -1.56. The van der Waals surface area contributed by atoms with Crippen LogP contribution in [0.3, 0.4) is 0 Å². The van der Waals surface area contributed by atoms with E-state index in [-0.39, 0.29) is 19.1 Å². The van der Waals surface area contributed by atoms with Crippen LogP contribution in [0.1, 0.15) is 19.3 Å². The molecular formula is C11H17NO5. The van der Waals surface area contributed by atoms with Crippen molar-refractivity contribution in [3.63, 3.8) is 0 Å². The average molecular weight is 243 g/mol. The molecule has 1 fully saturated rings. The fourth-order valence-corrected chi connectivity index (χ4v) is 1.63. The van der Waals surface area contributed by atoms with Gasteiger partial charge in [0, 0.05) is 13.0 Å². The van der Waals surface area contributed by atoms with Gasteiger partial charge in [0.1, 0.15) is 12.6 Å². The Morgan fingerprint density at radius 1 is 1.65 bits per heavy atom. The van der Waals surface area contributed by atoms with E-state index in [2.05, 4.69) is 16.6 Å². The van der Waals surface area contributed by atoms with Crippen molar-refractivity contribution in [2.75, 3.05) is 13.2 Å². The average Bonchev–Trinajstić information content (AvgIpc) is 2.78. The summed E-state index contributed by atoms with van der Waals surface area (Å²) in [5.41, 5.74) is 0. The molecule has 0 aromatic carbocycles. The number of hydrogen-bond donors (Lipinski definition) is 2. The van der Waals surface area contributed by atoms with Crippen LogP contribution < -0.4 is 5.32 Å². The molecule has 6 heteroatoms. The zero-order valence-electron chi connectivity index (χ0n) is 9.55. The van der Waals surface area contributed by atoms with Gasteiger partial charge in [-0.1, -0.05) is 12.7 Å². The summed E-state index contributed by atoms with van der Waals surface area (Å²) in [5, 5.41) is 11.3. The highest BCUT2D eigenvalue weighted by Crippen LogP contribution is 2.17. The summed E-state index contributed by atoms with van der Waals surface area (Å²) in [6.07, 6.45) is 2.57. The summed E-state index contributed by atoms with van der Waals surface area (Å²) in [7, 11) is 0. The zero-order valence-corrected chi connectivity index (χ0v) is 9.55. The molecule has 1 amide bonds. The molecule has 0 bridgehead atoms. The van der Waals surface area contributed by atoms with Gasteiger partial charge < -0.3 is 19.9 Å². The Kier molecular flexibility index (Phi) is 5.48.